The maximum Gasteiger partial charge on any atom is 0.337 e. The number of hydrogen-bond donors (Lipinski definition) is 1. The Labute approximate surface area is 628 Å². The highest BCUT2D eigenvalue weighted by atomic mass is 79.9. The molecule has 2 aliphatic heterocycles. The Hall–Kier alpha value is -11.3. The summed E-state index contributed by atoms with van der Waals surface area (Å²) in [7, 11) is 9.43. The molecule has 0 bridgehead atoms. The number of rotatable bonds is 24. The zero-order valence-corrected chi connectivity index (χ0v) is 60.9. The molecule has 14 rings (SSSR count). The highest BCUT2D eigenvalue weighted by molar-refractivity contribution is 9.08. The van der Waals surface area contributed by atoms with Gasteiger partial charge in [0.05, 0.1) is 86.8 Å². The molecule has 0 amide bonds. The molecule has 0 saturated heterocycles. The fraction of sp³-hybridized carbons (Fsp3) is 0.187. The highest BCUT2D eigenvalue weighted by Gasteiger charge is 2.40. The smallest absolute Gasteiger partial charge is 0.337 e. The predicted octanol–water partition coefficient (Wildman–Crippen LogP) is 19.5. The molecule has 14 nitrogen and oxygen atoms in total. The van der Waals surface area contributed by atoms with Gasteiger partial charge < -0.3 is 57.2 Å². The largest absolute Gasteiger partial charge is 0.497 e. The summed E-state index contributed by atoms with van der Waals surface area (Å²) in [6, 6.07) is 92.3. The predicted molar refractivity (Wildman–Crippen MR) is 416 cm³/mol. The fourth-order valence-electron chi connectivity index (χ4n) is 13.2. The van der Waals surface area contributed by atoms with Crippen LogP contribution in [-0.2, 0) is 86.5 Å². The van der Waals surface area contributed by atoms with E-state index in [0.29, 0.717) is 50.8 Å². The van der Waals surface area contributed by atoms with Gasteiger partial charge in [-0.2, -0.15) is 0 Å². The first kappa shape index (κ1) is 75.8. The van der Waals surface area contributed by atoms with E-state index in [-0.39, 0.29) is 26.0 Å². The number of aliphatic hydroxyl groups is 1. The second-order valence-corrected chi connectivity index (χ2v) is 25.5. The van der Waals surface area contributed by atoms with Gasteiger partial charge >= 0.3 is 11.9 Å². The summed E-state index contributed by atoms with van der Waals surface area (Å²) in [6.07, 6.45) is 0. The minimum absolute atomic E-state index is 0. The summed E-state index contributed by atoms with van der Waals surface area (Å²) >= 11 is 3.31. The first-order chi connectivity index (χ1) is 51.4. The molecular formula is C91H85BrO14. The Bertz CT molecular complexity index is 4800. The summed E-state index contributed by atoms with van der Waals surface area (Å²) in [5, 5.41) is 10.3. The third kappa shape index (κ3) is 17.2. The molecule has 12 aromatic carbocycles. The van der Waals surface area contributed by atoms with E-state index in [1.807, 2.05) is 121 Å². The number of carbonyl (C=O) groups excluding carboxylic acids is 2. The number of methoxy groups -OCH3 is 6. The molecular weight excluding hydrogens is 1400 g/mol. The number of ether oxygens (including phenoxy) is 11. The van der Waals surface area contributed by atoms with Gasteiger partial charge in [-0.3, -0.25) is 0 Å². The van der Waals surface area contributed by atoms with Crippen LogP contribution in [0.2, 0.25) is 0 Å². The van der Waals surface area contributed by atoms with Crippen LogP contribution in [0.5, 0.6) is 34.5 Å². The molecule has 0 radical (unpaired) electrons. The molecule has 1 N–H and O–H groups in total. The molecule has 0 spiro atoms. The lowest BCUT2D eigenvalue weighted by molar-refractivity contribution is 0.0000347. The molecule has 0 aromatic heterocycles. The van der Waals surface area contributed by atoms with Gasteiger partial charge in [-0.1, -0.05) is 205 Å². The van der Waals surface area contributed by atoms with Crippen LogP contribution in [0.25, 0.3) is 22.3 Å². The standard InChI is InChI=1S/C45H40O7.C36H32O5.C9H9BrO2.CH4/c1-47-39-18-14-37(15-19-39)45(36-10-5-4-6-11-36,38-16-20-40(48-2)21-17-38)52-29-33-13-23-42-41-22-12-32(25-35(41)30-51-43(42)26-33)28-50-27-31-8-7-9-34(24-31)44(46)49-3;1-38-31-14-10-29(11-15-31)36(28-6-4-3-5-7-28,30-12-16-32(39-2)17-13-30)41-23-26-9-19-34-33-18-8-25(22-37)20-27(33)24-40-35(34)21-26;1-12-9(11)8-4-2-3-7(5-8)6-10;/h4-26H,27-30H2,1-3H3;3-21,37H,22-24H2,1-2H3;2-5H,6H2,1H3;1H4. The first-order valence-electron chi connectivity index (χ1n) is 34.2. The van der Waals surface area contributed by atoms with E-state index in [2.05, 4.69) is 154 Å². The lowest BCUT2D eigenvalue weighted by Gasteiger charge is -2.36. The van der Waals surface area contributed by atoms with Crippen molar-refractivity contribution in [1.29, 1.82) is 0 Å². The zero-order chi connectivity index (χ0) is 73.1. The van der Waals surface area contributed by atoms with Gasteiger partial charge in [-0.25, -0.2) is 9.59 Å². The Morgan fingerprint density at radius 1 is 0.358 bits per heavy atom. The molecule has 0 unspecified atom stereocenters. The van der Waals surface area contributed by atoms with Gasteiger partial charge in [-0.05, 0) is 186 Å². The van der Waals surface area contributed by atoms with Crippen LogP contribution in [0.4, 0.5) is 0 Å². The minimum atomic E-state index is -0.925. The van der Waals surface area contributed by atoms with Gasteiger partial charge in [-0.15, -0.1) is 0 Å². The van der Waals surface area contributed by atoms with Crippen molar-refractivity contribution in [1.82, 2.24) is 0 Å². The maximum atomic E-state index is 11.9. The number of hydrogen-bond acceptors (Lipinski definition) is 14. The highest BCUT2D eigenvalue weighted by Crippen LogP contribution is 2.47. The van der Waals surface area contributed by atoms with E-state index in [1.54, 1.807) is 52.7 Å². The summed E-state index contributed by atoms with van der Waals surface area (Å²) in [4.78, 5) is 22.9. The van der Waals surface area contributed by atoms with Crippen molar-refractivity contribution >= 4 is 27.9 Å². The normalized spacial score (nSPS) is 11.6. The molecule has 12 aromatic rings. The van der Waals surface area contributed by atoms with Crippen LogP contribution in [0, 0.1) is 0 Å². The van der Waals surface area contributed by atoms with Gasteiger partial charge in [0, 0.05) is 16.5 Å². The molecule has 106 heavy (non-hydrogen) atoms. The average Bonchev–Trinajstić information content (AvgIpc) is 0.851. The zero-order valence-electron chi connectivity index (χ0n) is 59.3. The van der Waals surface area contributed by atoms with E-state index in [1.165, 1.54) is 14.2 Å². The topological polar surface area (TPSA) is 156 Å². The van der Waals surface area contributed by atoms with Crippen molar-refractivity contribution in [3.63, 3.8) is 0 Å². The van der Waals surface area contributed by atoms with E-state index < -0.39 is 11.2 Å². The van der Waals surface area contributed by atoms with Crippen molar-refractivity contribution < 1.29 is 66.8 Å². The third-order valence-electron chi connectivity index (χ3n) is 18.6. The Kier molecular flexibility index (Phi) is 25.7. The molecule has 2 heterocycles. The SMILES string of the molecule is C.COC(=O)c1cccc(CBr)c1.COC(=O)c1cccc(COCc2ccc3c(c2)COc2cc(COC(c4ccccc4)(c4ccc(OC)cc4)c4ccc(OC)cc4)ccc2-3)c1.COc1ccc(C(OCc2ccc3c(c2)OCc2cc(CO)ccc2-3)(c2ccccc2)c2ccc(OC)cc2)cc1. The van der Waals surface area contributed by atoms with Crippen molar-refractivity contribution in [2.24, 2.45) is 0 Å². The van der Waals surface area contributed by atoms with Crippen LogP contribution >= 0.6 is 15.9 Å². The van der Waals surface area contributed by atoms with Crippen molar-refractivity contribution in [2.45, 2.75) is 70.2 Å². The van der Waals surface area contributed by atoms with Crippen LogP contribution in [0.3, 0.4) is 0 Å². The first-order valence-corrected chi connectivity index (χ1v) is 35.4. The van der Waals surface area contributed by atoms with Crippen LogP contribution in [-0.4, -0.2) is 59.7 Å². The van der Waals surface area contributed by atoms with Crippen LogP contribution in [0.15, 0.2) is 279 Å². The lowest BCUT2D eigenvalue weighted by atomic mass is 9.80. The molecule has 540 valence electrons. The second kappa shape index (κ2) is 35.9. The van der Waals surface area contributed by atoms with Crippen LogP contribution < -0.4 is 28.4 Å². The molecule has 0 atom stereocenters. The van der Waals surface area contributed by atoms with Gasteiger partial charge in [0.15, 0.2) is 0 Å². The number of aliphatic hydroxyl groups excluding tert-OH is 1. The van der Waals surface area contributed by atoms with Gasteiger partial charge in [0.1, 0.15) is 58.9 Å². The van der Waals surface area contributed by atoms with Crippen molar-refractivity contribution in [3.05, 3.63) is 368 Å². The second-order valence-electron chi connectivity index (χ2n) is 25.0. The quantitative estimate of drug-likeness (QED) is 0.0346. The number of esters is 2. The van der Waals surface area contributed by atoms with Gasteiger partial charge in [0.2, 0.25) is 0 Å². The summed E-state index contributed by atoms with van der Waals surface area (Å²) in [5.74, 6) is 4.10. The van der Waals surface area contributed by atoms with Gasteiger partial charge in [0.25, 0.3) is 0 Å². The summed E-state index contributed by atoms with van der Waals surface area (Å²) < 4.78 is 64.0. The van der Waals surface area contributed by atoms with E-state index in [4.69, 9.17) is 47.4 Å². The molecule has 0 aliphatic carbocycles. The van der Waals surface area contributed by atoms with Crippen molar-refractivity contribution in [2.75, 3.05) is 42.7 Å². The Morgan fingerprint density at radius 3 is 1.06 bits per heavy atom. The van der Waals surface area contributed by atoms with Crippen molar-refractivity contribution in [3.8, 4) is 56.8 Å². The molecule has 0 saturated carbocycles. The molecule has 0 fully saturated rings. The number of alkyl halides is 1. The monoisotopic (exact) mass is 1480 g/mol. The van der Waals surface area contributed by atoms with E-state index >= 15 is 0 Å². The number of halogens is 1. The minimum Gasteiger partial charge on any atom is -0.497 e. The summed E-state index contributed by atoms with van der Waals surface area (Å²) in [6.45, 7) is 2.43. The maximum absolute atomic E-state index is 11.9. The number of fused-ring (bicyclic) bond motifs is 6. The lowest BCUT2D eigenvalue weighted by Crippen LogP contribution is -2.32. The van der Waals surface area contributed by atoms with Crippen LogP contribution in [0.1, 0.15) is 106 Å². The molecule has 15 heteroatoms. The molecule has 2 aliphatic rings. The Balaban J connectivity index is 0.000000185. The number of carbonyl (C=O) groups is 2. The number of benzene rings is 12. The average molecular weight is 1480 g/mol. The fourth-order valence-corrected chi connectivity index (χ4v) is 13.5. The third-order valence-corrected chi connectivity index (χ3v) is 19.3. The Morgan fingerprint density at radius 2 is 0.689 bits per heavy atom. The summed E-state index contributed by atoms with van der Waals surface area (Å²) in [5.41, 5.74) is 17.6. The van der Waals surface area contributed by atoms with E-state index in [9.17, 15) is 14.7 Å². The van der Waals surface area contributed by atoms with E-state index in [0.717, 1.165) is 140 Å².